The predicted octanol–water partition coefficient (Wildman–Crippen LogP) is 2.51. The summed E-state index contributed by atoms with van der Waals surface area (Å²) in [5.41, 5.74) is -0.222. The van der Waals surface area contributed by atoms with Gasteiger partial charge in [0.2, 0.25) is 0 Å². The molecule has 1 N–H and O–H groups in total. The lowest BCUT2D eigenvalue weighted by Crippen LogP contribution is -2.27. The van der Waals surface area contributed by atoms with Gasteiger partial charge in [0.15, 0.2) is 0 Å². The molecule has 0 heterocycles. The van der Waals surface area contributed by atoms with E-state index in [4.69, 9.17) is 0 Å². The fraction of sp³-hybridized carbons (Fsp3) is 0.455. The quantitative estimate of drug-likeness (QED) is 0.679. The summed E-state index contributed by atoms with van der Waals surface area (Å²) in [5.74, 6) is -1.16. The lowest BCUT2D eigenvalue weighted by atomic mass is 9.80. The third-order valence-electron chi connectivity index (χ3n) is 2.83. The molecule has 2 rings (SSSR count). The van der Waals surface area contributed by atoms with Crippen molar-refractivity contribution in [3.05, 3.63) is 34.9 Å². The Balaban J connectivity index is 2.63. The molecule has 0 saturated heterocycles. The van der Waals surface area contributed by atoms with Crippen LogP contribution in [0.1, 0.15) is 30.9 Å². The standard InChI is InChI=1S/C11H12F2O/c1-11(14)4-2-3-8-9(11)5-7(12)6-10(8)13/h5-6,14H,2-4H2,1H3. The maximum absolute atomic E-state index is 13.3. The van der Waals surface area contributed by atoms with Gasteiger partial charge in [0.25, 0.3) is 0 Å². The molecular weight excluding hydrogens is 186 g/mol. The number of aliphatic hydroxyl groups is 1. The number of fused-ring (bicyclic) bond motifs is 1. The molecule has 14 heavy (non-hydrogen) atoms. The van der Waals surface area contributed by atoms with Crippen LogP contribution >= 0.6 is 0 Å². The van der Waals surface area contributed by atoms with Crippen LogP contribution in [-0.4, -0.2) is 5.11 Å². The van der Waals surface area contributed by atoms with E-state index in [1.807, 2.05) is 0 Å². The number of hydrogen-bond donors (Lipinski definition) is 1. The minimum Gasteiger partial charge on any atom is -0.385 e. The molecule has 1 nitrogen and oxygen atoms in total. The minimum atomic E-state index is -1.09. The third-order valence-corrected chi connectivity index (χ3v) is 2.83. The number of rotatable bonds is 0. The van der Waals surface area contributed by atoms with E-state index in [0.717, 1.165) is 12.5 Å². The molecule has 0 aromatic heterocycles. The lowest BCUT2D eigenvalue weighted by Gasteiger charge is -2.31. The minimum absolute atomic E-state index is 0.404. The van der Waals surface area contributed by atoms with E-state index in [0.29, 0.717) is 24.0 Å². The average Bonchev–Trinajstić information content (AvgIpc) is 2.06. The van der Waals surface area contributed by atoms with Crippen LogP contribution in [0, 0.1) is 11.6 Å². The van der Waals surface area contributed by atoms with Crippen LogP contribution < -0.4 is 0 Å². The summed E-state index contributed by atoms with van der Waals surface area (Å²) in [6.07, 6.45) is 1.88. The molecule has 1 aliphatic carbocycles. The van der Waals surface area contributed by atoms with Gasteiger partial charge in [-0.2, -0.15) is 0 Å². The summed E-state index contributed by atoms with van der Waals surface area (Å²) in [6, 6.07) is 2.11. The van der Waals surface area contributed by atoms with Gasteiger partial charge in [-0.25, -0.2) is 8.78 Å². The van der Waals surface area contributed by atoms with Crippen LogP contribution in [0.15, 0.2) is 12.1 Å². The van der Waals surface area contributed by atoms with Gasteiger partial charge in [0, 0.05) is 6.07 Å². The highest BCUT2D eigenvalue weighted by Crippen LogP contribution is 2.36. The molecule has 1 atom stereocenters. The van der Waals surface area contributed by atoms with E-state index in [1.165, 1.54) is 6.07 Å². The van der Waals surface area contributed by atoms with Crippen LogP contribution in [0.3, 0.4) is 0 Å². The van der Waals surface area contributed by atoms with Crippen molar-refractivity contribution in [3.8, 4) is 0 Å². The third kappa shape index (κ3) is 1.42. The summed E-state index contributed by atoms with van der Waals surface area (Å²) in [4.78, 5) is 0. The van der Waals surface area contributed by atoms with E-state index in [-0.39, 0.29) is 0 Å². The Bertz CT molecular complexity index is 372. The highest BCUT2D eigenvalue weighted by molar-refractivity contribution is 5.35. The summed E-state index contributed by atoms with van der Waals surface area (Å²) in [5, 5.41) is 9.94. The Morgan fingerprint density at radius 3 is 2.79 bits per heavy atom. The first kappa shape index (κ1) is 9.59. The maximum Gasteiger partial charge on any atom is 0.129 e. The van der Waals surface area contributed by atoms with Gasteiger partial charge >= 0.3 is 0 Å². The maximum atomic E-state index is 13.3. The van der Waals surface area contributed by atoms with Crippen molar-refractivity contribution >= 4 is 0 Å². The van der Waals surface area contributed by atoms with Crippen molar-refractivity contribution in [3.63, 3.8) is 0 Å². The molecule has 76 valence electrons. The summed E-state index contributed by atoms with van der Waals surface area (Å²) >= 11 is 0. The highest BCUT2D eigenvalue weighted by Gasteiger charge is 2.31. The lowest BCUT2D eigenvalue weighted by molar-refractivity contribution is 0.0376. The van der Waals surface area contributed by atoms with Gasteiger partial charge in [-0.05, 0) is 43.4 Å². The SMILES string of the molecule is CC1(O)CCCc2c(F)cc(F)cc21. The zero-order valence-corrected chi connectivity index (χ0v) is 7.98. The van der Waals surface area contributed by atoms with Crippen LogP contribution in [0.5, 0.6) is 0 Å². The zero-order chi connectivity index (χ0) is 10.3. The molecule has 1 aromatic carbocycles. The van der Waals surface area contributed by atoms with E-state index >= 15 is 0 Å². The summed E-state index contributed by atoms with van der Waals surface area (Å²) in [6.45, 7) is 1.60. The molecule has 0 radical (unpaired) electrons. The van der Waals surface area contributed by atoms with Gasteiger partial charge in [-0.1, -0.05) is 0 Å². The predicted molar refractivity (Wildman–Crippen MR) is 48.9 cm³/mol. The second-order valence-electron chi connectivity index (χ2n) is 4.04. The van der Waals surface area contributed by atoms with Crippen LogP contribution in [0.25, 0.3) is 0 Å². The molecule has 0 bridgehead atoms. The van der Waals surface area contributed by atoms with E-state index in [1.54, 1.807) is 6.92 Å². The van der Waals surface area contributed by atoms with Crippen molar-refractivity contribution < 1.29 is 13.9 Å². The average molecular weight is 198 g/mol. The second kappa shape index (κ2) is 3.02. The zero-order valence-electron chi connectivity index (χ0n) is 7.98. The highest BCUT2D eigenvalue weighted by atomic mass is 19.1. The number of hydrogen-bond acceptors (Lipinski definition) is 1. The first-order valence-corrected chi connectivity index (χ1v) is 4.71. The second-order valence-corrected chi connectivity index (χ2v) is 4.04. The molecule has 0 amide bonds. The molecule has 0 spiro atoms. The normalized spacial score (nSPS) is 26.0. The summed E-state index contributed by atoms with van der Waals surface area (Å²) in [7, 11) is 0. The number of benzene rings is 1. The Morgan fingerprint density at radius 1 is 1.36 bits per heavy atom. The Kier molecular flexibility index (Phi) is 2.07. The molecular formula is C11H12F2O. The van der Waals surface area contributed by atoms with E-state index < -0.39 is 17.2 Å². The molecule has 0 aliphatic heterocycles. The van der Waals surface area contributed by atoms with Gasteiger partial charge < -0.3 is 5.11 Å². The Morgan fingerprint density at radius 2 is 2.07 bits per heavy atom. The van der Waals surface area contributed by atoms with Crippen LogP contribution in [0.2, 0.25) is 0 Å². The monoisotopic (exact) mass is 198 g/mol. The fourth-order valence-electron chi connectivity index (χ4n) is 2.08. The van der Waals surface area contributed by atoms with Crippen LogP contribution in [-0.2, 0) is 12.0 Å². The molecule has 1 unspecified atom stereocenters. The van der Waals surface area contributed by atoms with Gasteiger partial charge in [0.1, 0.15) is 11.6 Å². The summed E-state index contributed by atoms with van der Waals surface area (Å²) < 4.78 is 26.3. The van der Waals surface area contributed by atoms with Gasteiger partial charge in [-0.15, -0.1) is 0 Å². The van der Waals surface area contributed by atoms with Crippen molar-refractivity contribution in [2.75, 3.05) is 0 Å². The van der Waals surface area contributed by atoms with Crippen molar-refractivity contribution in [2.24, 2.45) is 0 Å². The van der Waals surface area contributed by atoms with E-state index in [2.05, 4.69) is 0 Å². The van der Waals surface area contributed by atoms with Gasteiger partial charge in [-0.3, -0.25) is 0 Å². The largest absolute Gasteiger partial charge is 0.385 e. The van der Waals surface area contributed by atoms with Crippen molar-refractivity contribution in [2.45, 2.75) is 31.8 Å². The smallest absolute Gasteiger partial charge is 0.129 e. The van der Waals surface area contributed by atoms with Crippen molar-refractivity contribution in [1.29, 1.82) is 0 Å². The molecule has 0 fully saturated rings. The fourth-order valence-corrected chi connectivity index (χ4v) is 2.08. The van der Waals surface area contributed by atoms with E-state index in [9.17, 15) is 13.9 Å². The first-order chi connectivity index (χ1) is 6.50. The Labute approximate surface area is 81.4 Å². The molecule has 1 aromatic rings. The Hall–Kier alpha value is -0.960. The molecule has 1 aliphatic rings. The van der Waals surface area contributed by atoms with Gasteiger partial charge in [0.05, 0.1) is 5.60 Å². The molecule has 0 saturated carbocycles. The van der Waals surface area contributed by atoms with Crippen LogP contribution in [0.4, 0.5) is 8.78 Å². The first-order valence-electron chi connectivity index (χ1n) is 4.71. The van der Waals surface area contributed by atoms with Crippen molar-refractivity contribution in [1.82, 2.24) is 0 Å². The molecule has 3 heteroatoms. The topological polar surface area (TPSA) is 20.2 Å². The number of halogens is 2.